The molecule has 1 aliphatic heterocycles. The Labute approximate surface area is 165 Å². The second kappa shape index (κ2) is 8.91. The van der Waals surface area contributed by atoms with E-state index in [1.807, 2.05) is 38.1 Å². The summed E-state index contributed by atoms with van der Waals surface area (Å²) in [7, 11) is 0. The van der Waals surface area contributed by atoms with Gasteiger partial charge in [0.25, 0.3) is 0 Å². The average molecular weight is 384 g/mol. The van der Waals surface area contributed by atoms with E-state index in [0.29, 0.717) is 30.6 Å². The molecule has 1 atom stereocenters. The molecular weight excluding hydrogens is 356 g/mol. The van der Waals surface area contributed by atoms with E-state index in [2.05, 4.69) is 29.2 Å². The van der Waals surface area contributed by atoms with Gasteiger partial charge in [0.15, 0.2) is 0 Å². The number of carbonyl (C=O) groups excluding carboxylic acids is 1. The average Bonchev–Trinajstić information content (AvgIpc) is 3.06. The standard InChI is InChI=1S/C21H28N4O3/c1-5-8-17-18(20(26)27-7-3)19(25-21(23-17)22-14(4)24-25)15-9-11-16(12-10-15)28-13-6-2/h9-12,19H,5-8,13H2,1-4H3,(H,22,23,24). The van der Waals surface area contributed by atoms with Gasteiger partial charge in [0.05, 0.1) is 18.8 Å². The van der Waals surface area contributed by atoms with Gasteiger partial charge in [-0.2, -0.15) is 10.1 Å². The number of fused-ring (bicyclic) bond motifs is 1. The number of hydrogen-bond acceptors (Lipinski definition) is 6. The highest BCUT2D eigenvalue weighted by Gasteiger charge is 2.35. The summed E-state index contributed by atoms with van der Waals surface area (Å²) >= 11 is 0. The van der Waals surface area contributed by atoms with Crippen LogP contribution in [0.3, 0.4) is 0 Å². The van der Waals surface area contributed by atoms with Gasteiger partial charge in [0, 0.05) is 5.70 Å². The van der Waals surface area contributed by atoms with Crippen LogP contribution in [-0.4, -0.2) is 33.9 Å². The van der Waals surface area contributed by atoms with E-state index in [4.69, 9.17) is 9.47 Å². The lowest BCUT2D eigenvalue weighted by Gasteiger charge is -2.29. The molecule has 1 aromatic carbocycles. The molecule has 0 fully saturated rings. The van der Waals surface area contributed by atoms with Crippen LogP contribution in [0.5, 0.6) is 5.75 Å². The Morgan fingerprint density at radius 3 is 2.57 bits per heavy atom. The fourth-order valence-electron chi connectivity index (χ4n) is 3.35. The Balaban J connectivity index is 2.07. The minimum absolute atomic E-state index is 0.321. The third-order valence-corrected chi connectivity index (χ3v) is 4.51. The maximum Gasteiger partial charge on any atom is 0.338 e. The molecule has 7 heteroatoms. The number of benzene rings is 1. The van der Waals surface area contributed by atoms with Crippen molar-refractivity contribution in [3.8, 4) is 5.75 Å². The first-order valence-corrected chi connectivity index (χ1v) is 9.92. The fourth-order valence-corrected chi connectivity index (χ4v) is 3.35. The molecule has 0 spiro atoms. The van der Waals surface area contributed by atoms with E-state index >= 15 is 0 Å². The van der Waals surface area contributed by atoms with Gasteiger partial charge in [0.2, 0.25) is 5.95 Å². The summed E-state index contributed by atoms with van der Waals surface area (Å²) in [6.07, 6.45) is 2.58. The molecular formula is C21H28N4O3. The topological polar surface area (TPSA) is 78.3 Å². The number of esters is 1. The van der Waals surface area contributed by atoms with Gasteiger partial charge in [-0.1, -0.05) is 32.4 Å². The van der Waals surface area contributed by atoms with E-state index in [0.717, 1.165) is 36.3 Å². The second-order valence-electron chi connectivity index (χ2n) is 6.73. The van der Waals surface area contributed by atoms with Crippen LogP contribution in [-0.2, 0) is 9.53 Å². The molecule has 2 aromatic rings. The van der Waals surface area contributed by atoms with Crippen molar-refractivity contribution in [3.05, 3.63) is 46.9 Å². The third kappa shape index (κ3) is 4.03. The molecule has 3 rings (SSSR count). The summed E-state index contributed by atoms with van der Waals surface area (Å²) in [6.45, 7) is 8.80. The molecule has 0 bridgehead atoms. The molecule has 0 amide bonds. The van der Waals surface area contributed by atoms with Gasteiger partial charge < -0.3 is 14.8 Å². The van der Waals surface area contributed by atoms with Crippen LogP contribution in [0.4, 0.5) is 5.95 Å². The number of carbonyl (C=O) groups is 1. The molecule has 0 radical (unpaired) electrons. The van der Waals surface area contributed by atoms with Gasteiger partial charge >= 0.3 is 5.97 Å². The van der Waals surface area contributed by atoms with Crippen LogP contribution in [0.25, 0.3) is 0 Å². The first-order chi connectivity index (χ1) is 13.6. The molecule has 0 saturated heterocycles. The number of anilines is 1. The smallest absolute Gasteiger partial charge is 0.338 e. The zero-order valence-electron chi connectivity index (χ0n) is 17.0. The number of nitrogens with one attached hydrogen (secondary N) is 1. The monoisotopic (exact) mass is 384 g/mol. The maximum absolute atomic E-state index is 12.9. The molecule has 1 aromatic heterocycles. The summed E-state index contributed by atoms with van der Waals surface area (Å²) in [5.74, 6) is 1.78. The van der Waals surface area contributed by atoms with Gasteiger partial charge in [0.1, 0.15) is 17.6 Å². The molecule has 0 aliphatic carbocycles. The molecule has 1 N–H and O–H groups in total. The molecule has 0 saturated carbocycles. The number of nitrogens with zero attached hydrogens (tertiary/aromatic N) is 3. The highest BCUT2D eigenvalue weighted by molar-refractivity contribution is 5.92. The molecule has 1 unspecified atom stereocenters. The molecule has 150 valence electrons. The SMILES string of the molecule is CCCOc1ccc(C2C(C(=O)OCC)=C(CCC)Nc3nc(C)nn32)cc1. The summed E-state index contributed by atoms with van der Waals surface area (Å²) in [6, 6.07) is 7.42. The van der Waals surface area contributed by atoms with Crippen LogP contribution in [0.1, 0.15) is 57.5 Å². The zero-order chi connectivity index (χ0) is 20.1. The van der Waals surface area contributed by atoms with Crippen LogP contribution < -0.4 is 10.1 Å². The first kappa shape index (κ1) is 19.9. The second-order valence-corrected chi connectivity index (χ2v) is 6.73. The Morgan fingerprint density at radius 2 is 1.93 bits per heavy atom. The minimum Gasteiger partial charge on any atom is -0.494 e. The van der Waals surface area contributed by atoms with Gasteiger partial charge in [-0.15, -0.1) is 0 Å². The van der Waals surface area contributed by atoms with E-state index in [1.54, 1.807) is 4.68 Å². The highest BCUT2D eigenvalue weighted by atomic mass is 16.5. The van der Waals surface area contributed by atoms with Crippen molar-refractivity contribution < 1.29 is 14.3 Å². The van der Waals surface area contributed by atoms with Crippen molar-refractivity contribution in [3.63, 3.8) is 0 Å². The first-order valence-electron chi connectivity index (χ1n) is 9.92. The molecule has 28 heavy (non-hydrogen) atoms. The number of aryl methyl sites for hydroxylation is 1. The van der Waals surface area contributed by atoms with Crippen molar-refractivity contribution >= 4 is 11.9 Å². The highest BCUT2D eigenvalue weighted by Crippen LogP contribution is 2.37. The van der Waals surface area contributed by atoms with Crippen molar-refractivity contribution in [1.82, 2.24) is 14.8 Å². The van der Waals surface area contributed by atoms with Gasteiger partial charge in [-0.25, -0.2) is 9.48 Å². The Hall–Kier alpha value is -2.83. The van der Waals surface area contributed by atoms with Crippen LogP contribution in [0.15, 0.2) is 35.5 Å². The molecule has 7 nitrogen and oxygen atoms in total. The normalized spacial score (nSPS) is 15.8. The van der Waals surface area contributed by atoms with Gasteiger partial charge in [-0.05, 0) is 44.4 Å². The lowest BCUT2D eigenvalue weighted by atomic mass is 9.94. The zero-order valence-corrected chi connectivity index (χ0v) is 17.0. The number of allylic oxidation sites excluding steroid dienone is 1. The number of rotatable bonds is 8. The van der Waals surface area contributed by atoms with E-state index < -0.39 is 6.04 Å². The summed E-state index contributed by atoms with van der Waals surface area (Å²) in [5.41, 5.74) is 2.37. The van der Waals surface area contributed by atoms with Gasteiger partial charge in [-0.3, -0.25) is 0 Å². The predicted octanol–water partition coefficient (Wildman–Crippen LogP) is 4.01. The van der Waals surface area contributed by atoms with Crippen molar-refractivity contribution in [2.75, 3.05) is 18.5 Å². The number of hydrogen-bond donors (Lipinski definition) is 1. The summed E-state index contributed by atoms with van der Waals surface area (Å²) in [5, 5.41) is 7.83. The fraction of sp³-hybridized carbons (Fsp3) is 0.476. The van der Waals surface area contributed by atoms with E-state index in [-0.39, 0.29) is 5.97 Å². The number of aromatic nitrogens is 3. The predicted molar refractivity (Wildman–Crippen MR) is 107 cm³/mol. The largest absolute Gasteiger partial charge is 0.494 e. The van der Waals surface area contributed by atoms with E-state index in [1.165, 1.54) is 0 Å². The van der Waals surface area contributed by atoms with Crippen molar-refractivity contribution in [2.45, 2.75) is 53.0 Å². The quantitative estimate of drug-likeness (QED) is 0.693. The van der Waals surface area contributed by atoms with Crippen molar-refractivity contribution in [2.24, 2.45) is 0 Å². The van der Waals surface area contributed by atoms with Crippen molar-refractivity contribution in [1.29, 1.82) is 0 Å². The lowest BCUT2D eigenvalue weighted by molar-refractivity contribution is -0.139. The molecule has 2 heterocycles. The van der Waals surface area contributed by atoms with E-state index in [9.17, 15) is 4.79 Å². The Kier molecular flexibility index (Phi) is 6.34. The lowest BCUT2D eigenvalue weighted by Crippen LogP contribution is -2.30. The Morgan fingerprint density at radius 1 is 1.18 bits per heavy atom. The van der Waals surface area contributed by atoms with Crippen LogP contribution >= 0.6 is 0 Å². The maximum atomic E-state index is 12.9. The number of ether oxygens (including phenoxy) is 2. The van der Waals surface area contributed by atoms with Crippen LogP contribution in [0, 0.1) is 6.92 Å². The molecule has 1 aliphatic rings. The summed E-state index contributed by atoms with van der Waals surface area (Å²) in [4.78, 5) is 17.4. The Bertz CT molecular complexity index is 855. The minimum atomic E-state index is -0.390. The van der Waals surface area contributed by atoms with Crippen LogP contribution in [0.2, 0.25) is 0 Å². The third-order valence-electron chi connectivity index (χ3n) is 4.51. The summed E-state index contributed by atoms with van der Waals surface area (Å²) < 4.78 is 12.8.